The van der Waals surface area contributed by atoms with E-state index in [0.29, 0.717) is 45.6 Å². The van der Waals surface area contributed by atoms with E-state index in [4.69, 9.17) is 4.74 Å². The van der Waals surface area contributed by atoms with Gasteiger partial charge in [-0.15, -0.1) is 12.4 Å². The smallest absolute Gasteiger partial charge is 0.227 e. The first-order valence-corrected chi connectivity index (χ1v) is 7.97. The Morgan fingerprint density at radius 3 is 2.33 bits per heavy atom. The minimum atomic E-state index is 0. The lowest BCUT2D eigenvalue weighted by atomic mass is 10.1. The van der Waals surface area contributed by atoms with Gasteiger partial charge in [-0.25, -0.2) is 0 Å². The fourth-order valence-corrected chi connectivity index (χ4v) is 2.66. The third-order valence-electron chi connectivity index (χ3n) is 4.06. The molecule has 1 heterocycles. The monoisotopic (exact) mass is 355 g/mol. The average molecular weight is 356 g/mol. The molecule has 1 aromatic rings. The van der Waals surface area contributed by atoms with Crippen LogP contribution in [-0.4, -0.2) is 68.5 Å². The summed E-state index contributed by atoms with van der Waals surface area (Å²) in [5.41, 5.74) is 0.946. The third kappa shape index (κ3) is 5.69. The van der Waals surface area contributed by atoms with Crippen LogP contribution in [0.4, 0.5) is 0 Å². The molecule has 1 aromatic carbocycles. The maximum absolute atomic E-state index is 12.4. The largest absolute Gasteiger partial charge is 0.497 e. The number of hydrogen-bond acceptors (Lipinski definition) is 4. The molecule has 0 bridgehead atoms. The molecule has 0 spiro atoms. The van der Waals surface area contributed by atoms with Gasteiger partial charge in [-0.2, -0.15) is 0 Å². The van der Waals surface area contributed by atoms with Crippen LogP contribution in [0, 0.1) is 0 Å². The summed E-state index contributed by atoms with van der Waals surface area (Å²) in [6, 6.07) is 7.57. The highest BCUT2D eigenvalue weighted by molar-refractivity contribution is 5.85. The number of methoxy groups -OCH3 is 1. The van der Waals surface area contributed by atoms with Crippen molar-refractivity contribution in [3.63, 3.8) is 0 Å². The number of carbonyl (C=O) groups excluding carboxylic acids is 2. The summed E-state index contributed by atoms with van der Waals surface area (Å²) in [5, 5.41) is 2.98. The van der Waals surface area contributed by atoms with Crippen molar-refractivity contribution in [2.45, 2.75) is 12.8 Å². The second-order valence-corrected chi connectivity index (χ2v) is 5.64. The molecule has 0 unspecified atom stereocenters. The minimum Gasteiger partial charge on any atom is -0.497 e. The van der Waals surface area contributed by atoms with Gasteiger partial charge in [0.2, 0.25) is 11.8 Å². The Labute approximate surface area is 149 Å². The van der Waals surface area contributed by atoms with Gasteiger partial charge in [-0.3, -0.25) is 9.59 Å². The van der Waals surface area contributed by atoms with E-state index in [1.165, 1.54) is 0 Å². The molecular formula is C17H26ClN3O3. The summed E-state index contributed by atoms with van der Waals surface area (Å²) in [6.45, 7) is 3.13. The molecular weight excluding hydrogens is 330 g/mol. The summed E-state index contributed by atoms with van der Waals surface area (Å²) in [7, 11) is 3.45. The van der Waals surface area contributed by atoms with Crippen molar-refractivity contribution >= 4 is 24.2 Å². The lowest BCUT2D eigenvalue weighted by Crippen LogP contribution is -2.51. The SMILES string of the molecule is CNCCC(=O)N1CCN(C(=O)Cc2cccc(OC)c2)CC1.Cl. The zero-order valence-corrected chi connectivity index (χ0v) is 15.1. The van der Waals surface area contributed by atoms with E-state index in [-0.39, 0.29) is 24.2 Å². The Morgan fingerprint density at radius 1 is 1.12 bits per heavy atom. The van der Waals surface area contributed by atoms with Crippen LogP contribution in [0.3, 0.4) is 0 Å². The maximum atomic E-state index is 12.4. The first kappa shape index (κ1) is 20.3. The van der Waals surface area contributed by atoms with E-state index in [1.54, 1.807) is 7.11 Å². The lowest BCUT2D eigenvalue weighted by Gasteiger charge is -2.35. The molecule has 24 heavy (non-hydrogen) atoms. The van der Waals surface area contributed by atoms with Gasteiger partial charge >= 0.3 is 0 Å². The van der Waals surface area contributed by atoms with Crippen molar-refractivity contribution in [2.24, 2.45) is 0 Å². The zero-order chi connectivity index (χ0) is 16.7. The predicted octanol–water partition coefficient (Wildman–Crippen LogP) is 0.940. The van der Waals surface area contributed by atoms with Gasteiger partial charge in [0.05, 0.1) is 13.5 Å². The van der Waals surface area contributed by atoms with Crippen molar-refractivity contribution in [2.75, 3.05) is 46.9 Å². The fourth-order valence-electron chi connectivity index (χ4n) is 2.66. The van der Waals surface area contributed by atoms with Gasteiger partial charge < -0.3 is 19.9 Å². The molecule has 0 aliphatic carbocycles. The normalized spacial score (nSPS) is 14.1. The molecule has 1 N–H and O–H groups in total. The quantitative estimate of drug-likeness (QED) is 0.825. The van der Waals surface area contributed by atoms with Crippen LogP contribution in [0.15, 0.2) is 24.3 Å². The molecule has 1 saturated heterocycles. The lowest BCUT2D eigenvalue weighted by molar-refractivity contribution is -0.139. The van der Waals surface area contributed by atoms with Crippen LogP contribution in [-0.2, 0) is 16.0 Å². The Kier molecular flexibility index (Phi) is 8.57. The molecule has 7 heteroatoms. The molecule has 0 radical (unpaired) electrons. The summed E-state index contributed by atoms with van der Waals surface area (Å²) in [6.07, 6.45) is 0.874. The summed E-state index contributed by atoms with van der Waals surface area (Å²) in [5.74, 6) is 1.01. The van der Waals surface area contributed by atoms with Gasteiger partial charge in [-0.1, -0.05) is 12.1 Å². The fraction of sp³-hybridized carbons (Fsp3) is 0.529. The Morgan fingerprint density at radius 2 is 1.75 bits per heavy atom. The first-order valence-electron chi connectivity index (χ1n) is 7.97. The maximum Gasteiger partial charge on any atom is 0.227 e. The van der Waals surface area contributed by atoms with E-state index < -0.39 is 0 Å². The molecule has 1 aliphatic heterocycles. The van der Waals surface area contributed by atoms with Gasteiger partial charge in [0.1, 0.15) is 5.75 Å². The standard InChI is InChI=1S/C17H25N3O3.ClH/c1-18-7-6-16(21)19-8-10-20(11-9-19)17(22)13-14-4-3-5-15(12-14)23-2;/h3-5,12,18H,6-11,13H2,1-2H3;1H. The van der Waals surface area contributed by atoms with Crippen LogP contribution in [0.5, 0.6) is 5.75 Å². The summed E-state index contributed by atoms with van der Waals surface area (Å²) < 4.78 is 5.18. The highest BCUT2D eigenvalue weighted by atomic mass is 35.5. The van der Waals surface area contributed by atoms with Crippen molar-refractivity contribution in [1.29, 1.82) is 0 Å². The molecule has 1 aliphatic rings. The topological polar surface area (TPSA) is 61.9 Å². The molecule has 0 aromatic heterocycles. The third-order valence-corrected chi connectivity index (χ3v) is 4.06. The number of ether oxygens (including phenoxy) is 1. The van der Waals surface area contributed by atoms with Crippen LogP contribution in [0.25, 0.3) is 0 Å². The number of halogens is 1. The van der Waals surface area contributed by atoms with Crippen LogP contribution in [0.2, 0.25) is 0 Å². The molecule has 0 saturated carbocycles. The average Bonchev–Trinajstić information content (AvgIpc) is 2.60. The molecule has 2 amide bonds. The number of amides is 2. The number of hydrogen-bond donors (Lipinski definition) is 1. The first-order chi connectivity index (χ1) is 11.1. The van der Waals surface area contributed by atoms with Crippen molar-refractivity contribution in [3.8, 4) is 5.75 Å². The Hall–Kier alpha value is -1.79. The minimum absolute atomic E-state index is 0. The summed E-state index contributed by atoms with van der Waals surface area (Å²) in [4.78, 5) is 28.0. The number of rotatable bonds is 6. The van der Waals surface area contributed by atoms with E-state index in [2.05, 4.69) is 5.32 Å². The van der Waals surface area contributed by atoms with E-state index in [0.717, 1.165) is 11.3 Å². The number of benzene rings is 1. The van der Waals surface area contributed by atoms with E-state index in [9.17, 15) is 9.59 Å². The van der Waals surface area contributed by atoms with Crippen molar-refractivity contribution in [3.05, 3.63) is 29.8 Å². The highest BCUT2D eigenvalue weighted by Crippen LogP contribution is 2.14. The van der Waals surface area contributed by atoms with E-state index in [1.807, 2.05) is 41.1 Å². The number of nitrogens with zero attached hydrogens (tertiary/aromatic N) is 2. The molecule has 0 atom stereocenters. The number of piperazine rings is 1. The Balaban J connectivity index is 0.00000288. The van der Waals surface area contributed by atoms with Gasteiger partial charge in [0.15, 0.2) is 0 Å². The van der Waals surface area contributed by atoms with Gasteiger partial charge in [0, 0.05) is 39.1 Å². The van der Waals surface area contributed by atoms with E-state index >= 15 is 0 Å². The molecule has 6 nitrogen and oxygen atoms in total. The van der Waals surface area contributed by atoms with Crippen molar-refractivity contribution in [1.82, 2.24) is 15.1 Å². The van der Waals surface area contributed by atoms with Gasteiger partial charge in [0.25, 0.3) is 0 Å². The number of carbonyl (C=O) groups is 2. The molecule has 2 rings (SSSR count). The predicted molar refractivity (Wildman–Crippen MR) is 95.6 cm³/mol. The Bertz CT molecular complexity index is 546. The van der Waals surface area contributed by atoms with Crippen LogP contribution >= 0.6 is 12.4 Å². The van der Waals surface area contributed by atoms with Gasteiger partial charge in [-0.05, 0) is 24.7 Å². The zero-order valence-electron chi connectivity index (χ0n) is 14.3. The second-order valence-electron chi connectivity index (χ2n) is 5.64. The highest BCUT2D eigenvalue weighted by Gasteiger charge is 2.23. The molecule has 134 valence electrons. The molecule has 1 fully saturated rings. The van der Waals surface area contributed by atoms with Crippen molar-refractivity contribution < 1.29 is 14.3 Å². The van der Waals surface area contributed by atoms with Crippen LogP contribution in [0.1, 0.15) is 12.0 Å². The number of nitrogens with one attached hydrogen (secondary N) is 1. The summed E-state index contributed by atoms with van der Waals surface area (Å²) >= 11 is 0. The van der Waals surface area contributed by atoms with Crippen LogP contribution < -0.4 is 10.1 Å². The second kappa shape index (κ2) is 10.2.